The summed E-state index contributed by atoms with van der Waals surface area (Å²) in [6.45, 7) is 0.159. The van der Waals surface area contributed by atoms with Gasteiger partial charge in [0.15, 0.2) is 0 Å². The van der Waals surface area contributed by atoms with Gasteiger partial charge in [-0.15, -0.1) is 0 Å². The average molecular weight is 324 g/mol. The zero-order valence-electron chi connectivity index (χ0n) is 12.7. The number of ether oxygens (including phenoxy) is 1. The Labute approximate surface area is 135 Å². The first-order chi connectivity index (χ1) is 10.6. The molecule has 22 heavy (non-hydrogen) atoms. The molecule has 0 aliphatic heterocycles. The van der Waals surface area contributed by atoms with E-state index in [1.807, 2.05) is 0 Å². The van der Waals surface area contributed by atoms with Crippen molar-refractivity contribution in [3.63, 3.8) is 0 Å². The molecule has 5 heteroatoms. The highest BCUT2D eigenvalue weighted by atomic mass is 35.5. The quantitative estimate of drug-likeness (QED) is 0.875. The van der Waals surface area contributed by atoms with Gasteiger partial charge in [-0.3, -0.25) is 4.79 Å². The van der Waals surface area contributed by atoms with Gasteiger partial charge in [0.05, 0.1) is 13.5 Å². The number of hydrogen-bond acceptors (Lipinski definition) is 3. The molecule has 1 aromatic carbocycles. The predicted molar refractivity (Wildman–Crippen MR) is 85.0 cm³/mol. The van der Waals surface area contributed by atoms with E-state index in [-0.39, 0.29) is 30.9 Å². The largest absolute Gasteiger partial charge is 0.496 e. The number of methoxy groups -OCH3 is 1. The normalized spacial score (nSPS) is 29.6. The molecule has 2 saturated carbocycles. The number of hydrogen-bond donors (Lipinski definition) is 2. The van der Waals surface area contributed by atoms with E-state index in [1.165, 1.54) is 6.42 Å². The molecule has 2 N–H and O–H groups in total. The lowest BCUT2D eigenvalue weighted by Crippen LogP contribution is -2.45. The summed E-state index contributed by atoms with van der Waals surface area (Å²) in [5.41, 5.74) is 0.788. The van der Waals surface area contributed by atoms with Gasteiger partial charge in [-0.1, -0.05) is 11.6 Å². The fourth-order valence-corrected chi connectivity index (χ4v) is 4.39. The van der Waals surface area contributed by atoms with Crippen LogP contribution in [-0.2, 0) is 11.2 Å². The number of benzene rings is 1. The Balaban J connectivity index is 1.67. The van der Waals surface area contributed by atoms with Crippen LogP contribution in [0.5, 0.6) is 5.75 Å². The Morgan fingerprint density at radius 2 is 2.18 bits per heavy atom. The van der Waals surface area contributed by atoms with Crippen molar-refractivity contribution in [2.75, 3.05) is 13.7 Å². The van der Waals surface area contributed by atoms with E-state index in [0.717, 1.165) is 18.4 Å². The molecule has 3 rings (SSSR count). The number of rotatable bonds is 5. The van der Waals surface area contributed by atoms with Crippen LogP contribution in [0.1, 0.15) is 24.8 Å². The highest BCUT2D eigenvalue weighted by Gasteiger charge is 2.47. The number of amides is 1. The van der Waals surface area contributed by atoms with Crippen LogP contribution in [0.15, 0.2) is 18.2 Å². The number of carbonyl (C=O) groups is 1. The van der Waals surface area contributed by atoms with E-state index >= 15 is 0 Å². The summed E-state index contributed by atoms with van der Waals surface area (Å²) in [5.74, 6) is 1.94. The lowest BCUT2D eigenvalue weighted by molar-refractivity contribution is -0.122. The first kappa shape index (κ1) is 15.6. The third-order valence-corrected chi connectivity index (χ3v) is 5.46. The topological polar surface area (TPSA) is 58.6 Å². The number of aliphatic hydroxyl groups excluding tert-OH is 1. The molecule has 2 aliphatic rings. The molecule has 2 fully saturated rings. The highest BCUT2D eigenvalue weighted by Crippen LogP contribution is 2.48. The van der Waals surface area contributed by atoms with Gasteiger partial charge in [-0.25, -0.2) is 0 Å². The molecule has 0 aromatic heterocycles. The highest BCUT2D eigenvalue weighted by molar-refractivity contribution is 6.30. The van der Waals surface area contributed by atoms with Crippen molar-refractivity contribution in [1.29, 1.82) is 0 Å². The zero-order chi connectivity index (χ0) is 15.7. The smallest absolute Gasteiger partial charge is 0.224 e. The van der Waals surface area contributed by atoms with Crippen molar-refractivity contribution in [1.82, 2.24) is 5.32 Å². The zero-order valence-corrected chi connectivity index (χ0v) is 13.5. The minimum absolute atomic E-state index is 0.0310. The molecular formula is C17H22ClNO3. The summed E-state index contributed by atoms with van der Waals surface area (Å²) in [6, 6.07) is 5.41. The van der Waals surface area contributed by atoms with Crippen molar-refractivity contribution in [2.45, 2.75) is 31.7 Å². The van der Waals surface area contributed by atoms with Crippen LogP contribution in [0.4, 0.5) is 0 Å². The molecule has 0 radical (unpaired) electrons. The summed E-state index contributed by atoms with van der Waals surface area (Å²) in [4.78, 5) is 12.4. The number of aliphatic hydroxyl groups is 1. The van der Waals surface area contributed by atoms with Gasteiger partial charge >= 0.3 is 0 Å². The maximum atomic E-state index is 12.4. The first-order valence-electron chi connectivity index (χ1n) is 7.85. The van der Waals surface area contributed by atoms with E-state index in [9.17, 15) is 9.90 Å². The Hall–Kier alpha value is -1.26. The summed E-state index contributed by atoms with van der Waals surface area (Å²) in [6.07, 6.45) is 3.73. The van der Waals surface area contributed by atoms with Gasteiger partial charge < -0.3 is 15.2 Å². The van der Waals surface area contributed by atoms with Gasteiger partial charge in [0.1, 0.15) is 5.75 Å². The molecule has 0 spiro atoms. The van der Waals surface area contributed by atoms with E-state index in [2.05, 4.69) is 5.32 Å². The van der Waals surface area contributed by atoms with Crippen LogP contribution < -0.4 is 10.1 Å². The summed E-state index contributed by atoms with van der Waals surface area (Å²) in [5, 5.41) is 13.3. The number of fused-ring (bicyclic) bond motifs is 2. The number of halogens is 1. The molecular weight excluding hydrogens is 302 g/mol. The van der Waals surface area contributed by atoms with Crippen molar-refractivity contribution >= 4 is 17.5 Å². The van der Waals surface area contributed by atoms with Gasteiger partial charge in [-0.05, 0) is 49.3 Å². The second kappa shape index (κ2) is 6.47. The molecule has 0 saturated heterocycles. The summed E-state index contributed by atoms with van der Waals surface area (Å²) < 4.78 is 5.28. The fraction of sp³-hybridized carbons (Fsp3) is 0.588. The van der Waals surface area contributed by atoms with Crippen LogP contribution in [-0.4, -0.2) is 30.8 Å². The minimum atomic E-state index is -0.0310. The maximum Gasteiger partial charge on any atom is 0.224 e. The van der Waals surface area contributed by atoms with E-state index < -0.39 is 0 Å². The van der Waals surface area contributed by atoms with Crippen LogP contribution in [0, 0.1) is 17.8 Å². The van der Waals surface area contributed by atoms with Gasteiger partial charge in [0.25, 0.3) is 0 Å². The van der Waals surface area contributed by atoms with Crippen molar-refractivity contribution in [3.8, 4) is 5.75 Å². The molecule has 4 atom stereocenters. The Morgan fingerprint density at radius 1 is 1.41 bits per heavy atom. The Bertz CT molecular complexity index is 563. The van der Waals surface area contributed by atoms with Crippen LogP contribution in [0.25, 0.3) is 0 Å². The second-order valence-electron chi connectivity index (χ2n) is 6.41. The van der Waals surface area contributed by atoms with Crippen LogP contribution in [0.2, 0.25) is 5.02 Å². The van der Waals surface area contributed by atoms with Crippen molar-refractivity contribution < 1.29 is 14.6 Å². The summed E-state index contributed by atoms with van der Waals surface area (Å²) in [7, 11) is 1.59. The van der Waals surface area contributed by atoms with E-state index in [4.69, 9.17) is 16.3 Å². The Kier molecular flexibility index (Phi) is 4.59. The van der Waals surface area contributed by atoms with Gasteiger partial charge in [0, 0.05) is 29.2 Å². The summed E-state index contributed by atoms with van der Waals surface area (Å²) >= 11 is 6.00. The average Bonchev–Trinajstić information content (AvgIpc) is 3.08. The monoisotopic (exact) mass is 323 g/mol. The van der Waals surface area contributed by atoms with Crippen LogP contribution in [0.3, 0.4) is 0 Å². The number of nitrogens with one attached hydrogen (secondary N) is 1. The lowest BCUT2D eigenvalue weighted by Gasteiger charge is -2.30. The second-order valence-corrected chi connectivity index (χ2v) is 6.84. The standard InChI is InChI=1S/C17H22ClNO3/c1-22-15-5-4-13(18)7-12(15)8-16(21)19-17-11-3-2-10(6-11)14(17)9-20/h4-5,7,10-11,14,17,20H,2-3,6,8-9H2,1H3,(H,19,21). The molecule has 0 heterocycles. The van der Waals surface area contributed by atoms with Crippen molar-refractivity contribution in [2.24, 2.45) is 17.8 Å². The third kappa shape index (κ3) is 2.95. The lowest BCUT2D eigenvalue weighted by atomic mass is 9.85. The molecule has 1 amide bonds. The molecule has 1 aromatic rings. The molecule has 120 valence electrons. The third-order valence-electron chi connectivity index (χ3n) is 5.22. The molecule has 4 unspecified atom stereocenters. The maximum absolute atomic E-state index is 12.4. The van der Waals surface area contributed by atoms with Gasteiger partial charge in [-0.2, -0.15) is 0 Å². The fourth-order valence-electron chi connectivity index (χ4n) is 4.19. The Morgan fingerprint density at radius 3 is 2.91 bits per heavy atom. The van der Waals surface area contributed by atoms with E-state index in [1.54, 1.807) is 25.3 Å². The SMILES string of the molecule is COc1ccc(Cl)cc1CC(=O)NC1C2CCC(C2)C1CO. The molecule has 2 aliphatic carbocycles. The molecule has 4 nitrogen and oxygen atoms in total. The van der Waals surface area contributed by atoms with Crippen LogP contribution >= 0.6 is 11.6 Å². The number of carbonyl (C=O) groups excluding carboxylic acids is 1. The minimum Gasteiger partial charge on any atom is -0.496 e. The van der Waals surface area contributed by atoms with Crippen molar-refractivity contribution in [3.05, 3.63) is 28.8 Å². The van der Waals surface area contributed by atoms with E-state index in [0.29, 0.717) is 22.6 Å². The first-order valence-corrected chi connectivity index (χ1v) is 8.22. The predicted octanol–water partition coefficient (Wildman–Crippen LogP) is 2.41. The molecule has 2 bridgehead atoms. The van der Waals surface area contributed by atoms with Gasteiger partial charge in [0.2, 0.25) is 5.91 Å².